The number of nitrogens with one attached hydrogen (secondary N) is 1. The number of nitrogens with zero attached hydrogens (tertiary/aromatic N) is 2. The first-order valence-corrected chi connectivity index (χ1v) is 6.33. The summed E-state index contributed by atoms with van der Waals surface area (Å²) in [6.45, 7) is 0. The molecule has 2 aromatic rings. The highest BCUT2D eigenvalue weighted by molar-refractivity contribution is 7.98. The fourth-order valence-electron chi connectivity index (χ4n) is 1.36. The maximum atomic E-state index is 13.5. The van der Waals surface area contributed by atoms with E-state index < -0.39 is 17.5 Å². The minimum atomic E-state index is -1.54. The van der Waals surface area contributed by atoms with Crippen LogP contribution >= 0.6 is 11.8 Å². The zero-order valence-electron chi connectivity index (χ0n) is 9.75. The first kappa shape index (κ1) is 13.5. The molecule has 1 aromatic carbocycles. The number of nitrogens with two attached hydrogens (primary N) is 1. The Balaban J connectivity index is 2.36. The smallest absolute Gasteiger partial charge is 0.196 e. The van der Waals surface area contributed by atoms with Gasteiger partial charge in [0.25, 0.3) is 0 Å². The van der Waals surface area contributed by atoms with E-state index in [2.05, 4.69) is 15.3 Å². The summed E-state index contributed by atoms with van der Waals surface area (Å²) in [4.78, 5) is 7.93. The summed E-state index contributed by atoms with van der Waals surface area (Å²) in [6, 6.07) is 3.26. The maximum absolute atomic E-state index is 13.5. The Bertz CT molecular complexity index is 621. The molecular weight excluding hydrogens is 277 g/mol. The number of hydrogen-bond acceptors (Lipinski definition) is 5. The van der Waals surface area contributed by atoms with Crippen molar-refractivity contribution in [2.45, 2.75) is 5.16 Å². The number of aromatic nitrogens is 2. The summed E-state index contributed by atoms with van der Waals surface area (Å²) in [7, 11) is 0. The van der Waals surface area contributed by atoms with Gasteiger partial charge in [-0.15, -0.1) is 0 Å². The lowest BCUT2D eigenvalue weighted by molar-refractivity contribution is 0.449. The summed E-state index contributed by atoms with van der Waals surface area (Å²) in [6.07, 6.45) is 1.75. The van der Waals surface area contributed by atoms with E-state index in [4.69, 9.17) is 5.73 Å². The van der Waals surface area contributed by atoms with Gasteiger partial charge in [0.15, 0.2) is 22.6 Å². The molecule has 8 heteroatoms. The van der Waals surface area contributed by atoms with E-state index in [0.29, 0.717) is 5.16 Å². The molecule has 3 N–H and O–H groups in total. The lowest BCUT2D eigenvalue weighted by Gasteiger charge is -2.09. The van der Waals surface area contributed by atoms with Crippen molar-refractivity contribution >= 4 is 29.1 Å². The van der Waals surface area contributed by atoms with E-state index in [-0.39, 0.29) is 17.3 Å². The molecule has 1 heterocycles. The van der Waals surface area contributed by atoms with Gasteiger partial charge in [-0.05, 0) is 18.4 Å². The molecule has 100 valence electrons. The third-order valence-corrected chi connectivity index (χ3v) is 2.75. The van der Waals surface area contributed by atoms with Gasteiger partial charge in [-0.25, -0.2) is 23.1 Å². The molecule has 0 radical (unpaired) electrons. The summed E-state index contributed by atoms with van der Waals surface area (Å²) < 4.78 is 39.3. The highest BCUT2D eigenvalue weighted by Gasteiger charge is 2.14. The number of anilines is 3. The first-order valence-electron chi connectivity index (χ1n) is 5.10. The molecule has 0 atom stereocenters. The van der Waals surface area contributed by atoms with Crippen molar-refractivity contribution in [2.75, 3.05) is 17.3 Å². The number of hydrogen-bond donors (Lipinski definition) is 2. The Morgan fingerprint density at radius 3 is 2.58 bits per heavy atom. The lowest BCUT2D eigenvalue weighted by Crippen LogP contribution is -2.03. The van der Waals surface area contributed by atoms with Gasteiger partial charge in [0.1, 0.15) is 11.6 Å². The fraction of sp³-hybridized carbons (Fsp3) is 0.0909. The van der Waals surface area contributed by atoms with Crippen LogP contribution in [0.3, 0.4) is 0 Å². The molecule has 19 heavy (non-hydrogen) atoms. The highest BCUT2D eigenvalue weighted by Crippen LogP contribution is 2.24. The topological polar surface area (TPSA) is 63.8 Å². The minimum absolute atomic E-state index is 0.185. The molecule has 1 aromatic heterocycles. The molecule has 0 saturated carbocycles. The van der Waals surface area contributed by atoms with E-state index in [0.717, 1.165) is 12.1 Å². The standard InChI is InChI=1S/C11H9F3N4S/c1-19-11-17-7(15)4-8(18-11)16-6-3-2-5(12)9(13)10(6)14/h2-4H,1H3,(H3,15,16,17,18). The number of halogens is 3. The second-order valence-corrected chi connectivity index (χ2v) is 4.29. The maximum Gasteiger partial charge on any atom is 0.196 e. The molecule has 0 saturated heterocycles. The molecule has 0 unspecified atom stereocenters. The predicted octanol–water partition coefficient (Wildman–Crippen LogP) is 2.94. The molecule has 0 aliphatic carbocycles. The van der Waals surface area contributed by atoms with Gasteiger partial charge in [0.2, 0.25) is 0 Å². The molecular formula is C11H9F3N4S. The highest BCUT2D eigenvalue weighted by atomic mass is 32.2. The third-order valence-electron chi connectivity index (χ3n) is 2.21. The fourth-order valence-corrected chi connectivity index (χ4v) is 1.75. The number of rotatable bonds is 3. The van der Waals surface area contributed by atoms with Crippen molar-refractivity contribution in [1.82, 2.24) is 9.97 Å². The zero-order valence-corrected chi connectivity index (χ0v) is 10.6. The normalized spacial score (nSPS) is 10.5. The zero-order chi connectivity index (χ0) is 14.0. The van der Waals surface area contributed by atoms with Crippen LogP contribution in [0.4, 0.5) is 30.5 Å². The van der Waals surface area contributed by atoms with Crippen molar-refractivity contribution in [2.24, 2.45) is 0 Å². The second-order valence-electron chi connectivity index (χ2n) is 3.51. The summed E-state index contributed by atoms with van der Waals surface area (Å²) in [5, 5.41) is 2.91. The third kappa shape index (κ3) is 2.90. The Kier molecular flexibility index (Phi) is 3.79. The van der Waals surface area contributed by atoms with Crippen LogP contribution in [0.2, 0.25) is 0 Å². The van der Waals surface area contributed by atoms with E-state index in [1.54, 1.807) is 6.26 Å². The van der Waals surface area contributed by atoms with Crippen molar-refractivity contribution in [3.8, 4) is 0 Å². The number of nitrogen functional groups attached to an aromatic ring is 1. The molecule has 0 fully saturated rings. The molecule has 0 spiro atoms. The molecule has 2 rings (SSSR count). The van der Waals surface area contributed by atoms with Crippen LogP contribution in [-0.2, 0) is 0 Å². The van der Waals surface area contributed by atoms with Gasteiger partial charge in [-0.1, -0.05) is 11.8 Å². The largest absolute Gasteiger partial charge is 0.383 e. The average molecular weight is 286 g/mol. The quantitative estimate of drug-likeness (QED) is 0.516. The number of thioether (sulfide) groups is 1. The summed E-state index contributed by atoms with van der Waals surface area (Å²) in [5.74, 6) is -3.73. The van der Waals surface area contributed by atoms with Crippen molar-refractivity contribution in [1.29, 1.82) is 0 Å². The van der Waals surface area contributed by atoms with Gasteiger partial charge in [0, 0.05) is 6.07 Å². The van der Waals surface area contributed by atoms with Gasteiger partial charge in [-0.2, -0.15) is 0 Å². The SMILES string of the molecule is CSc1nc(N)cc(Nc2ccc(F)c(F)c2F)n1. The Morgan fingerprint density at radius 2 is 1.89 bits per heavy atom. The van der Waals surface area contributed by atoms with Gasteiger partial charge in [0.05, 0.1) is 5.69 Å². The van der Waals surface area contributed by atoms with Crippen LogP contribution in [0.5, 0.6) is 0 Å². The van der Waals surface area contributed by atoms with Gasteiger partial charge < -0.3 is 11.1 Å². The molecule has 0 aliphatic rings. The van der Waals surface area contributed by atoms with E-state index in [9.17, 15) is 13.2 Å². The van der Waals surface area contributed by atoms with Crippen LogP contribution in [0.1, 0.15) is 0 Å². The molecule has 0 aliphatic heterocycles. The van der Waals surface area contributed by atoms with Crippen LogP contribution < -0.4 is 11.1 Å². The van der Waals surface area contributed by atoms with Crippen LogP contribution in [0, 0.1) is 17.5 Å². The van der Waals surface area contributed by atoms with Crippen molar-refractivity contribution in [3.05, 3.63) is 35.7 Å². The Morgan fingerprint density at radius 1 is 1.16 bits per heavy atom. The minimum Gasteiger partial charge on any atom is -0.383 e. The summed E-state index contributed by atoms with van der Waals surface area (Å²) >= 11 is 1.25. The summed E-state index contributed by atoms with van der Waals surface area (Å²) in [5.41, 5.74) is 5.32. The van der Waals surface area contributed by atoms with Gasteiger partial charge in [-0.3, -0.25) is 0 Å². The Hall–Kier alpha value is -1.96. The van der Waals surface area contributed by atoms with Crippen LogP contribution in [0.15, 0.2) is 23.4 Å². The van der Waals surface area contributed by atoms with Crippen molar-refractivity contribution < 1.29 is 13.2 Å². The van der Waals surface area contributed by atoms with Crippen molar-refractivity contribution in [3.63, 3.8) is 0 Å². The molecule has 0 bridgehead atoms. The molecule has 0 amide bonds. The monoisotopic (exact) mass is 286 g/mol. The van der Waals surface area contributed by atoms with Crippen LogP contribution in [0.25, 0.3) is 0 Å². The predicted molar refractivity (Wildman–Crippen MR) is 67.8 cm³/mol. The average Bonchev–Trinajstić information content (AvgIpc) is 2.39. The second kappa shape index (κ2) is 5.35. The first-order chi connectivity index (χ1) is 9.01. The Labute approximate surface area is 111 Å². The van der Waals surface area contributed by atoms with Gasteiger partial charge >= 0.3 is 0 Å². The van der Waals surface area contributed by atoms with E-state index >= 15 is 0 Å². The van der Waals surface area contributed by atoms with Crippen LogP contribution in [-0.4, -0.2) is 16.2 Å². The molecule has 4 nitrogen and oxygen atoms in total. The number of benzene rings is 1. The van der Waals surface area contributed by atoms with E-state index in [1.165, 1.54) is 17.8 Å². The lowest BCUT2D eigenvalue weighted by atomic mass is 10.3. The van der Waals surface area contributed by atoms with E-state index in [1.807, 2.05) is 0 Å².